The summed E-state index contributed by atoms with van der Waals surface area (Å²) < 4.78 is 10.8. The highest BCUT2D eigenvalue weighted by Crippen LogP contribution is 2.35. The lowest BCUT2D eigenvalue weighted by Crippen LogP contribution is -2.26. The minimum atomic E-state index is -0.202. The van der Waals surface area contributed by atoms with Crippen molar-refractivity contribution >= 4 is 17.7 Å². The third-order valence-corrected chi connectivity index (χ3v) is 3.76. The highest BCUT2D eigenvalue weighted by molar-refractivity contribution is 6.14. The van der Waals surface area contributed by atoms with Crippen LogP contribution in [0, 0.1) is 5.41 Å². The summed E-state index contributed by atoms with van der Waals surface area (Å²) in [7, 11) is 0. The number of aliphatic imine (C=N–C) groups is 1. The van der Waals surface area contributed by atoms with Gasteiger partial charge in [-0.15, -0.1) is 0 Å². The van der Waals surface area contributed by atoms with Crippen LogP contribution in [0.4, 0.5) is 5.69 Å². The van der Waals surface area contributed by atoms with Crippen molar-refractivity contribution in [1.82, 2.24) is 0 Å². The van der Waals surface area contributed by atoms with Crippen molar-refractivity contribution in [1.29, 1.82) is 0 Å². The lowest BCUT2D eigenvalue weighted by atomic mass is 9.77. The number of carbonyl (C=O) groups is 1. The molecule has 0 aliphatic heterocycles. The molecule has 0 bridgehead atoms. The average molecular weight is 331 g/mol. The number of benzene rings is 1. The van der Waals surface area contributed by atoms with Crippen LogP contribution in [0.5, 0.6) is 5.75 Å². The molecule has 5 nitrogen and oxygen atoms in total. The standard InChI is InChI=1S/C19H25NO4/c1-4-23-8-9-24-15-7-5-6-14(10-15)20-13-16-17(21)11-19(2,3)12-18(16)22/h5-7,10,13,21H,4,8-9,11-12H2,1-3H3. The van der Waals surface area contributed by atoms with E-state index < -0.39 is 0 Å². The molecule has 24 heavy (non-hydrogen) atoms. The molecule has 0 atom stereocenters. The van der Waals surface area contributed by atoms with E-state index in [0.29, 0.717) is 49.7 Å². The van der Waals surface area contributed by atoms with Gasteiger partial charge in [0.1, 0.15) is 18.1 Å². The number of allylic oxidation sites excluding steroid dienone is 2. The average Bonchev–Trinajstić information content (AvgIpc) is 2.50. The van der Waals surface area contributed by atoms with Gasteiger partial charge < -0.3 is 14.6 Å². The molecule has 0 spiro atoms. The van der Waals surface area contributed by atoms with Crippen molar-refractivity contribution in [2.45, 2.75) is 33.6 Å². The van der Waals surface area contributed by atoms with Crippen LogP contribution < -0.4 is 4.74 Å². The van der Waals surface area contributed by atoms with Gasteiger partial charge in [-0.05, 0) is 24.5 Å². The van der Waals surface area contributed by atoms with Crippen LogP contribution in [0.15, 0.2) is 40.6 Å². The maximum atomic E-state index is 12.2. The van der Waals surface area contributed by atoms with Gasteiger partial charge in [0.15, 0.2) is 5.78 Å². The van der Waals surface area contributed by atoms with E-state index in [1.165, 1.54) is 6.21 Å². The number of ketones is 1. The maximum absolute atomic E-state index is 12.2. The molecule has 0 radical (unpaired) electrons. The number of rotatable bonds is 7. The Bertz CT molecular complexity index is 647. The smallest absolute Gasteiger partial charge is 0.168 e. The lowest BCUT2D eigenvalue weighted by Gasteiger charge is -2.28. The monoisotopic (exact) mass is 331 g/mol. The van der Waals surface area contributed by atoms with E-state index in [4.69, 9.17) is 9.47 Å². The second kappa shape index (κ2) is 8.11. The van der Waals surface area contributed by atoms with Crippen molar-refractivity contribution in [2.24, 2.45) is 10.4 Å². The number of Topliss-reactive ketones (excluding diaryl/α,β-unsaturated/α-hetero) is 1. The Labute approximate surface area is 143 Å². The molecule has 0 saturated heterocycles. The van der Waals surface area contributed by atoms with Crippen molar-refractivity contribution < 1.29 is 19.4 Å². The summed E-state index contributed by atoms with van der Waals surface area (Å²) >= 11 is 0. The fourth-order valence-electron chi connectivity index (χ4n) is 2.60. The molecule has 1 N–H and O–H groups in total. The van der Waals surface area contributed by atoms with E-state index in [1.807, 2.05) is 39.0 Å². The number of hydrogen-bond donors (Lipinski definition) is 1. The first kappa shape index (κ1) is 18.2. The fraction of sp³-hybridized carbons (Fsp3) is 0.474. The lowest BCUT2D eigenvalue weighted by molar-refractivity contribution is -0.117. The van der Waals surface area contributed by atoms with E-state index in [1.54, 1.807) is 6.07 Å². The SMILES string of the molecule is CCOCCOc1cccc(N=CC2=C(O)CC(C)(C)CC2=O)c1. The highest BCUT2D eigenvalue weighted by atomic mass is 16.5. The predicted octanol–water partition coefficient (Wildman–Crippen LogP) is 4.01. The van der Waals surface area contributed by atoms with Gasteiger partial charge in [-0.2, -0.15) is 0 Å². The number of ether oxygens (including phenoxy) is 2. The van der Waals surface area contributed by atoms with E-state index in [-0.39, 0.29) is 17.0 Å². The van der Waals surface area contributed by atoms with E-state index >= 15 is 0 Å². The molecule has 5 heteroatoms. The Morgan fingerprint density at radius 3 is 2.79 bits per heavy atom. The number of hydrogen-bond acceptors (Lipinski definition) is 5. The maximum Gasteiger partial charge on any atom is 0.168 e. The molecule has 1 aromatic rings. The number of aliphatic hydroxyl groups excluding tert-OH is 1. The summed E-state index contributed by atoms with van der Waals surface area (Å²) in [6.07, 6.45) is 2.35. The summed E-state index contributed by atoms with van der Waals surface area (Å²) in [6.45, 7) is 7.55. The zero-order valence-corrected chi connectivity index (χ0v) is 14.5. The van der Waals surface area contributed by atoms with Crippen LogP contribution >= 0.6 is 0 Å². The fourth-order valence-corrected chi connectivity index (χ4v) is 2.60. The minimum absolute atomic E-state index is 0.0726. The van der Waals surface area contributed by atoms with E-state index in [0.717, 1.165) is 0 Å². The predicted molar refractivity (Wildman–Crippen MR) is 94.3 cm³/mol. The van der Waals surface area contributed by atoms with Crippen LogP contribution in [-0.2, 0) is 9.53 Å². The van der Waals surface area contributed by atoms with Gasteiger partial charge in [0.25, 0.3) is 0 Å². The van der Waals surface area contributed by atoms with Gasteiger partial charge in [-0.25, -0.2) is 0 Å². The number of nitrogens with zero attached hydrogens (tertiary/aromatic N) is 1. The van der Waals surface area contributed by atoms with Gasteiger partial charge in [-0.3, -0.25) is 9.79 Å². The zero-order valence-electron chi connectivity index (χ0n) is 14.5. The third-order valence-electron chi connectivity index (χ3n) is 3.76. The molecule has 2 rings (SSSR count). The first-order chi connectivity index (χ1) is 11.4. The largest absolute Gasteiger partial charge is 0.511 e. The Hall–Kier alpha value is -2.14. The minimum Gasteiger partial charge on any atom is -0.511 e. The molecule has 0 saturated carbocycles. The molecular formula is C19H25NO4. The first-order valence-corrected chi connectivity index (χ1v) is 8.21. The molecule has 1 aliphatic rings. The topological polar surface area (TPSA) is 68.1 Å². The highest BCUT2D eigenvalue weighted by Gasteiger charge is 2.32. The van der Waals surface area contributed by atoms with Crippen molar-refractivity contribution in [3.8, 4) is 5.75 Å². The van der Waals surface area contributed by atoms with Crippen molar-refractivity contribution in [3.05, 3.63) is 35.6 Å². The Balaban J connectivity index is 2.05. The third kappa shape index (κ3) is 5.20. The summed E-state index contributed by atoms with van der Waals surface area (Å²) in [5.74, 6) is 0.736. The second-order valence-electron chi connectivity index (χ2n) is 6.60. The van der Waals surface area contributed by atoms with Crippen LogP contribution in [0.2, 0.25) is 0 Å². The van der Waals surface area contributed by atoms with Crippen molar-refractivity contribution in [3.63, 3.8) is 0 Å². The summed E-state index contributed by atoms with van der Waals surface area (Å²) in [5, 5.41) is 10.1. The zero-order chi connectivity index (χ0) is 17.6. The quantitative estimate of drug-likeness (QED) is 0.605. The van der Waals surface area contributed by atoms with E-state index in [2.05, 4.69) is 4.99 Å². The summed E-state index contributed by atoms with van der Waals surface area (Å²) in [6, 6.07) is 7.29. The number of aliphatic hydroxyl groups is 1. The molecule has 0 fully saturated rings. The van der Waals surface area contributed by atoms with Crippen LogP contribution in [-0.4, -0.2) is 36.9 Å². The Kier molecular flexibility index (Phi) is 6.15. The normalized spacial score (nSPS) is 17.5. The molecule has 0 aromatic heterocycles. The molecule has 0 unspecified atom stereocenters. The van der Waals surface area contributed by atoms with Crippen LogP contribution in [0.1, 0.15) is 33.6 Å². The molecule has 1 aromatic carbocycles. The molecule has 1 aliphatic carbocycles. The van der Waals surface area contributed by atoms with Gasteiger partial charge in [0, 0.05) is 31.7 Å². The van der Waals surface area contributed by atoms with Gasteiger partial charge in [-0.1, -0.05) is 19.9 Å². The Morgan fingerprint density at radius 2 is 2.08 bits per heavy atom. The number of carbonyl (C=O) groups excluding carboxylic acids is 1. The van der Waals surface area contributed by atoms with Crippen LogP contribution in [0.3, 0.4) is 0 Å². The van der Waals surface area contributed by atoms with Crippen LogP contribution in [0.25, 0.3) is 0 Å². The summed E-state index contributed by atoms with van der Waals surface area (Å²) in [4.78, 5) is 16.5. The van der Waals surface area contributed by atoms with E-state index in [9.17, 15) is 9.90 Å². The van der Waals surface area contributed by atoms with Gasteiger partial charge in [0.05, 0.1) is 17.9 Å². The van der Waals surface area contributed by atoms with Crippen molar-refractivity contribution in [2.75, 3.05) is 19.8 Å². The molecule has 0 amide bonds. The van der Waals surface area contributed by atoms with Gasteiger partial charge >= 0.3 is 0 Å². The first-order valence-electron chi connectivity index (χ1n) is 8.21. The molecule has 130 valence electrons. The second-order valence-corrected chi connectivity index (χ2v) is 6.60. The van der Waals surface area contributed by atoms with Gasteiger partial charge in [0.2, 0.25) is 0 Å². The molecule has 0 heterocycles. The molecular weight excluding hydrogens is 306 g/mol. The summed E-state index contributed by atoms with van der Waals surface area (Å²) in [5.41, 5.74) is 0.770. The Morgan fingerprint density at radius 1 is 1.29 bits per heavy atom.